The highest BCUT2D eigenvalue weighted by molar-refractivity contribution is 5.18. The number of benzene rings is 1. The van der Waals surface area contributed by atoms with E-state index in [1.165, 1.54) is 5.56 Å². The summed E-state index contributed by atoms with van der Waals surface area (Å²) >= 11 is 0. The van der Waals surface area contributed by atoms with Crippen LogP contribution in [0.15, 0.2) is 34.9 Å². The van der Waals surface area contributed by atoms with E-state index in [0.717, 1.165) is 38.4 Å². The Balaban J connectivity index is 1.68. The highest BCUT2D eigenvalue weighted by atomic mass is 16.5. The minimum Gasteiger partial charge on any atom is -0.371 e. The quantitative estimate of drug-likeness (QED) is 0.849. The predicted octanol–water partition coefficient (Wildman–Crippen LogP) is 3.16. The Morgan fingerprint density at radius 2 is 2.14 bits per heavy atom. The SMILES string of the molecule is CCCc1noc([C@@H](C)N2CCO[C@@H](c3ccccc3)C2)n1. The summed E-state index contributed by atoms with van der Waals surface area (Å²) in [6, 6.07) is 10.5. The third-order valence-electron chi connectivity index (χ3n) is 4.13. The maximum atomic E-state index is 5.92. The van der Waals surface area contributed by atoms with Crippen LogP contribution < -0.4 is 0 Å². The van der Waals surface area contributed by atoms with Crippen molar-refractivity contribution in [2.45, 2.75) is 38.8 Å². The van der Waals surface area contributed by atoms with E-state index in [0.29, 0.717) is 5.89 Å². The lowest BCUT2D eigenvalue weighted by molar-refractivity contribution is -0.0469. The van der Waals surface area contributed by atoms with Gasteiger partial charge in [-0.1, -0.05) is 42.4 Å². The van der Waals surface area contributed by atoms with Crippen molar-refractivity contribution in [1.82, 2.24) is 15.0 Å². The van der Waals surface area contributed by atoms with Crippen LogP contribution in [-0.2, 0) is 11.2 Å². The minimum atomic E-state index is 0.107. The molecule has 1 saturated heterocycles. The third-order valence-corrected chi connectivity index (χ3v) is 4.13. The van der Waals surface area contributed by atoms with Crippen LogP contribution in [0.5, 0.6) is 0 Å². The van der Waals surface area contributed by atoms with E-state index in [1.807, 2.05) is 6.07 Å². The van der Waals surface area contributed by atoms with Crippen LogP contribution in [0, 0.1) is 0 Å². The molecule has 118 valence electrons. The van der Waals surface area contributed by atoms with Crippen molar-refractivity contribution in [2.24, 2.45) is 0 Å². The number of aryl methyl sites for hydroxylation is 1. The predicted molar refractivity (Wildman–Crippen MR) is 83.4 cm³/mol. The van der Waals surface area contributed by atoms with E-state index in [-0.39, 0.29) is 12.1 Å². The van der Waals surface area contributed by atoms with Crippen molar-refractivity contribution < 1.29 is 9.26 Å². The fraction of sp³-hybridized carbons (Fsp3) is 0.529. The summed E-state index contributed by atoms with van der Waals surface area (Å²) in [5, 5.41) is 4.06. The van der Waals surface area contributed by atoms with Gasteiger partial charge in [-0.25, -0.2) is 0 Å². The second-order valence-corrected chi connectivity index (χ2v) is 5.74. The van der Waals surface area contributed by atoms with E-state index in [1.54, 1.807) is 0 Å². The fourth-order valence-electron chi connectivity index (χ4n) is 2.81. The van der Waals surface area contributed by atoms with Crippen molar-refractivity contribution in [1.29, 1.82) is 0 Å². The first-order valence-corrected chi connectivity index (χ1v) is 8.01. The molecule has 0 bridgehead atoms. The lowest BCUT2D eigenvalue weighted by Gasteiger charge is -2.35. The molecule has 1 fully saturated rings. The molecule has 1 aromatic heterocycles. The van der Waals surface area contributed by atoms with Crippen molar-refractivity contribution in [3.63, 3.8) is 0 Å². The second-order valence-electron chi connectivity index (χ2n) is 5.74. The Labute approximate surface area is 131 Å². The molecule has 0 radical (unpaired) electrons. The molecule has 1 aliphatic heterocycles. The molecule has 0 N–H and O–H groups in total. The third kappa shape index (κ3) is 3.36. The molecule has 0 aliphatic carbocycles. The first kappa shape index (κ1) is 15.2. The molecule has 1 aromatic carbocycles. The monoisotopic (exact) mass is 301 g/mol. The maximum Gasteiger partial charge on any atom is 0.243 e. The van der Waals surface area contributed by atoms with Gasteiger partial charge in [-0.2, -0.15) is 4.98 Å². The first-order chi connectivity index (χ1) is 10.8. The first-order valence-electron chi connectivity index (χ1n) is 8.01. The summed E-state index contributed by atoms with van der Waals surface area (Å²) in [4.78, 5) is 6.86. The number of aromatic nitrogens is 2. The molecule has 5 nitrogen and oxygen atoms in total. The second kappa shape index (κ2) is 7.03. The Kier molecular flexibility index (Phi) is 4.85. The van der Waals surface area contributed by atoms with Crippen molar-refractivity contribution in [2.75, 3.05) is 19.7 Å². The normalized spacial score (nSPS) is 20.9. The van der Waals surface area contributed by atoms with E-state index < -0.39 is 0 Å². The Morgan fingerprint density at radius 3 is 2.91 bits per heavy atom. The average Bonchev–Trinajstić information content (AvgIpc) is 3.04. The number of morpholine rings is 1. The molecule has 0 spiro atoms. The van der Waals surface area contributed by atoms with Crippen LogP contribution in [0.3, 0.4) is 0 Å². The van der Waals surface area contributed by atoms with Crippen LogP contribution >= 0.6 is 0 Å². The average molecular weight is 301 g/mol. The van der Waals surface area contributed by atoms with E-state index in [4.69, 9.17) is 9.26 Å². The molecular weight excluding hydrogens is 278 g/mol. The Hall–Kier alpha value is -1.72. The summed E-state index contributed by atoms with van der Waals surface area (Å²) in [7, 11) is 0. The highest BCUT2D eigenvalue weighted by Crippen LogP contribution is 2.27. The summed E-state index contributed by atoms with van der Waals surface area (Å²) < 4.78 is 11.3. The number of ether oxygens (including phenoxy) is 1. The topological polar surface area (TPSA) is 51.4 Å². The lowest BCUT2D eigenvalue weighted by atomic mass is 10.1. The van der Waals surface area contributed by atoms with Gasteiger partial charge in [0, 0.05) is 19.5 Å². The summed E-state index contributed by atoms with van der Waals surface area (Å²) in [6.07, 6.45) is 2.00. The molecule has 2 atom stereocenters. The molecule has 2 heterocycles. The van der Waals surface area contributed by atoms with Gasteiger partial charge in [-0.15, -0.1) is 0 Å². The van der Waals surface area contributed by atoms with E-state index in [9.17, 15) is 0 Å². The van der Waals surface area contributed by atoms with E-state index >= 15 is 0 Å². The molecule has 2 aromatic rings. The standard InChI is InChI=1S/C17H23N3O2/c1-3-7-16-18-17(22-19-16)13(2)20-10-11-21-15(12-20)14-8-5-4-6-9-14/h4-6,8-9,13,15H,3,7,10-12H2,1-2H3/t13-,15-/m1/s1. The Morgan fingerprint density at radius 1 is 1.32 bits per heavy atom. The van der Waals surface area contributed by atoms with Gasteiger partial charge in [0.1, 0.15) is 0 Å². The molecule has 1 aliphatic rings. The highest BCUT2D eigenvalue weighted by Gasteiger charge is 2.28. The minimum absolute atomic E-state index is 0.107. The van der Waals surface area contributed by atoms with Crippen LogP contribution in [-0.4, -0.2) is 34.7 Å². The zero-order valence-electron chi connectivity index (χ0n) is 13.2. The van der Waals surface area contributed by atoms with Gasteiger partial charge in [0.2, 0.25) is 5.89 Å². The van der Waals surface area contributed by atoms with Gasteiger partial charge in [-0.05, 0) is 18.9 Å². The molecule has 0 saturated carbocycles. The van der Waals surface area contributed by atoms with Crippen LogP contribution in [0.2, 0.25) is 0 Å². The molecule has 0 amide bonds. The number of nitrogens with zero attached hydrogens (tertiary/aromatic N) is 3. The molecule has 5 heteroatoms. The van der Waals surface area contributed by atoms with Crippen LogP contribution in [0.25, 0.3) is 0 Å². The largest absolute Gasteiger partial charge is 0.371 e. The van der Waals surface area contributed by atoms with Gasteiger partial charge < -0.3 is 9.26 Å². The maximum absolute atomic E-state index is 5.92. The summed E-state index contributed by atoms with van der Waals surface area (Å²) in [5.74, 6) is 1.51. The van der Waals surface area contributed by atoms with Crippen LogP contribution in [0.4, 0.5) is 0 Å². The lowest BCUT2D eigenvalue weighted by Crippen LogP contribution is -2.40. The molecule has 3 rings (SSSR count). The molecular formula is C17H23N3O2. The van der Waals surface area contributed by atoms with Gasteiger partial charge in [0.25, 0.3) is 0 Å². The van der Waals surface area contributed by atoms with Crippen molar-refractivity contribution >= 4 is 0 Å². The van der Waals surface area contributed by atoms with Crippen LogP contribution in [0.1, 0.15) is 49.7 Å². The van der Waals surface area contributed by atoms with Crippen molar-refractivity contribution in [3.05, 3.63) is 47.6 Å². The number of rotatable bonds is 5. The van der Waals surface area contributed by atoms with Gasteiger partial charge in [0.05, 0.1) is 18.8 Å². The van der Waals surface area contributed by atoms with Gasteiger partial charge in [0.15, 0.2) is 5.82 Å². The summed E-state index contributed by atoms with van der Waals surface area (Å²) in [5.41, 5.74) is 1.22. The Bertz CT molecular complexity index is 585. The zero-order valence-corrected chi connectivity index (χ0v) is 13.2. The summed E-state index contributed by atoms with van der Waals surface area (Å²) in [6.45, 7) is 6.69. The molecule has 22 heavy (non-hydrogen) atoms. The zero-order chi connectivity index (χ0) is 15.4. The van der Waals surface area contributed by atoms with Gasteiger partial charge >= 0.3 is 0 Å². The fourth-order valence-corrected chi connectivity index (χ4v) is 2.81. The molecule has 0 unspecified atom stereocenters. The number of hydrogen-bond acceptors (Lipinski definition) is 5. The number of hydrogen-bond donors (Lipinski definition) is 0. The van der Waals surface area contributed by atoms with Gasteiger partial charge in [-0.3, -0.25) is 4.90 Å². The van der Waals surface area contributed by atoms with E-state index in [2.05, 4.69) is 53.2 Å². The smallest absolute Gasteiger partial charge is 0.243 e. The van der Waals surface area contributed by atoms with Crippen molar-refractivity contribution in [3.8, 4) is 0 Å².